The van der Waals surface area contributed by atoms with Crippen LogP contribution in [-0.2, 0) is 6.54 Å². The van der Waals surface area contributed by atoms with Gasteiger partial charge in [0.25, 0.3) is 0 Å². The lowest BCUT2D eigenvalue weighted by molar-refractivity contribution is 0.293. The number of furan rings is 1. The van der Waals surface area contributed by atoms with Crippen LogP contribution in [0.4, 0.5) is 5.69 Å². The van der Waals surface area contributed by atoms with Crippen molar-refractivity contribution in [2.45, 2.75) is 32.7 Å². The number of thiocarbonyl (C=S) groups is 1. The minimum Gasteiger partial charge on any atom is -0.467 e. The third-order valence-corrected chi connectivity index (χ3v) is 4.78. The zero-order valence-corrected chi connectivity index (χ0v) is 17.2. The lowest BCUT2D eigenvalue weighted by Crippen LogP contribution is -2.36. The topological polar surface area (TPSA) is 31.6 Å². The van der Waals surface area contributed by atoms with E-state index in [9.17, 15) is 0 Å². The number of rotatable bonds is 10. The molecule has 4 nitrogen and oxygen atoms in total. The summed E-state index contributed by atoms with van der Waals surface area (Å²) in [6.07, 6.45) is 5.21. The molecule has 142 valence electrons. The zero-order chi connectivity index (χ0) is 18.8. The number of hydrogen-bond donors (Lipinski definition) is 1. The summed E-state index contributed by atoms with van der Waals surface area (Å²) in [6, 6.07) is 11.4. The fourth-order valence-corrected chi connectivity index (χ4v) is 3.05. The molecule has 0 atom stereocenters. The highest BCUT2D eigenvalue weighted by Crippen LogP contribution is 2.15. The first-order chi connectivity index (χ1) is 12.6. The summed E-state index contributed by atoms with van der Waals surface area (Å²) in [5.41, 5.74) is 0.934. The van der Waals surface area contributed by atoms with Crippen LogP contribution in [0.25, 0.3) is 0 Å². The number of nitrogens with zero attached hydrogens (tertiary/aromatic N) is 2. The fraction of sp³-hybridized carbons (Fsp3) is 0.450. The van der Waals surface area contributed by atoms with Crippen molar-refractivity contribution in [2.75, 3.05) is 32.0 Å². The van der Waals surface area contributed by atoms with Gasteiger partial charge in [0.1, 0.15) is 5.76 Å². The van der Waals surface area contributed by atoms with Crippen LogP contribution in [-0.4, -0.2) is 41.6 Å². The number of halogens is 1. The highest BCUT2D eigenvalue weighted by molar-refractivity contribution is 7.80. The summed E-state index contributed by atoms with van der Waals surface area (Å²) in [4.78, 5) is 4.53. The highest BCUT2D eigenvalue weighted by Gasteiger charge is 2.12. The second-order valence-corrected chi connectivity index (χ2v) is 7.27. The molecule has 1 aromatic heterocycles. The largest absolute Gasteiger partial charge is 0.467 e. The predicted molar refractivity (Wildman–Crippen MR) is 114 cm³/mol. The molecule has 0 unspecified atom stereocenters. The van der Waals surface area contributed by atoms with Gasteiger partial charge in [-0.15, -0.1) is 0 Å². The van der Waals surface area contributed by atoms with E-state index >= 15 is 0 Å². The van der Waals surface area contributed by atoms with E-state index in [2.05, 4.69) is 29.1 Å². The van der Waals surface area contributed by atoms with Crippen LogP contribution in [0, 0.1) is 0 Å². The van der Waals surface area contributed by atoms with Gasteiger partial charge < -0.3 is 19.5 Å². The Bertz CT molecular complexity index is 646. The van der Waals surface area contributed by atoms with Crippen molar-refractivity contribution in [2.24, 2.45) is 0 Å². The summed E-state index contributed by atoms with van der Waals surface area (Å²) < 4.78 is 5.50. The van der Waals surface area contributed by atoms with Crippen molar-refractivity contribution in [1.29, 1.82) is 0 Å². The Morgan fingerprint density at radius 2 is 1.85 bits per heavy atom. The van der Waals surface area contributed by atoms with Crippen LogP contribution in [0.3, 0.4) is 0 Å². The maximum absolute atomic E-state index is 5.95. The average molecular weight is 394 g/mol. The number of benzene rings is 1. The molecule has 2 rings (SSSR count). The Hall–Kier alpha value is -1.56. The smallest absolute Gasteiger partial charge is 0.173 e. The monoisotopic (exact) mass is 393 g/mol. The first-order valence-electron chi connectivity index (χ1n) is 9.11. The molecule has 0 fully saturated rings. The molecule has 0 aliphatic carbocycles. The zero-order valence-electron chi connectivity index (χ0n) is 15.6. The molecule has 2 aromatic rings. The van der Waals surface area contributed by atoms with Crippen LogP contribution in [0.2, 0.25) is 5.02 Å². The minimum absolute atomic E-state index is 0.658. The highest BCUT2D eigenvalue weighted by atomic mass is 35.5. The maximum Gasteiger partial charge on any atom is 0.173 e. The molecule has 1 N–H and O–H groups in total. The van der Waals surface area contributed by atoms with Gasteiger partial charge in [0.2, 0.25) is 0 Å². The summed E-state index contributed by atoms with van der Waals surface area (Å²) in [5, 5.41) is 4.70. The van der Waals surface area contributed by atoms with Crippen LogP contribution >= 0.6 is 23.8 Å². The first kappa shape index (κ1) is 20.7. The second kappa shape index (κ2) is 11.2. The molecule has 0 amide bonds. The lowest BCUT2D eigenvalue weighted by atomic mass is 10.3. The van der Waals surface area contributed by atoms with E-state index in [-0.39, 0.29) is 0 Å². The van der Waals surface area contributed by atoms with Crippen LogP contribution in [0.5, 0.6) is 0 Å². The van der Waals surface area contributed by atoms with Crippen molar-refractivity contribution in [3.05, 3.63) is 53.4 Å². The quantitative estimate of drug-likeness (QED) is 0.557. The maximum atomic E-state index is 5.95. The molecule has 0 saturated heterocycles. The van der Waals surface area contributed by atoms with E-state index in [1.54, 1.807) is 6.26 Å². The summed E-state index contributed by atoms with van der Waals surface area (Å²) in [5.74, 6) is 0.907. The van der Waals surface area contributed by atoms with Gasteiger partial charge >= 0.3 is 0 Å². The predicted octanol–water partition coefficient (Wildman–Crippen LogP) is 5.25. The molecular weight excluding hydrogens is 366 g/mol. The second-order valence-electron chi connectivity index (χ2n) is 6.45. The van der Waals surface area contributed by atoms with E-state index in [0.29, 0.717) is 16.7 Å². The summed E-state index contributed by atoms with van der Waals surface area (Å²) in [6.45, 7) is 5.95. The molecular formula is C20H28ClN3OS. The van der Waals surface area contributed by atoms with Crippen molar-refractivity contribution >= 4 is 34.6 Å². The van der Waals surface area contributed by atoms with Crippen molar-refractivity contribution < 1.29 is 4.42 Å². The van der Waals surface area contributed by atoms with Gasteiger partial charge in [0.05, 0.1) is 12.8 Å². The van der Waals surface area contributed by atoms with E-state index < -0.39 is 0 Å². The van der Waals surface area contributed by atoms with Crippen molar-refractivity contribution in [3.63, 3.8) is 0 Å². The van der Waals surface area contributed by atoms with Crippen molar-refractivity contribution in [3.8, 4) is 0 Å². The average Bonchev–Trinajstić information content (AvgIpc) is 3.14. The Morgan fingerprint density at radius 1 is 1.12 bits per heavy atom. The summed E-state index contributed by atoms with van der Waals surface area (Å²) in [7, 11) is 2.18. The number of hydrogen-bond acceptors (Lipinski definition) is 3. The third-order valence-electron chi connectivity index (χ3n) is 4.17. The van der Waals surface area contributed by atoms with Gasteiger partial charge in [-0.2, -0.15) is 0 Å². The molecule has 0 radical (unpaired) electrons. The van der Waals surface area contributed by atoms with E-state index in [1.165, 1.54) is 12.8 Å². The Balaban J connectivity index is 1.91. The Morgan fingerprint density at radius 3 is 2.50 bits per heavy atom. The normalized spacial score (nSPS) is 10.9. The number of nitrogens with one attached hydrogen (secondary N) is 1. The van der Waals surface area contributed by atoms with Gasteiger partial charge in [-0.3, -0.25) is 0 Å². The molecule has 6 heteroatoms. The van der Waals surface area contributed by atoms with Gasteiger partial charge in [-0.1, -0.05) is 24.9 Å². The lowest BCUT2D eigenvalue weighted by Gasteiger charge is -2.26. The van der Waals surface area contributed by atoms with E-state index in [4.69, 9.17) is 28.2 Å². The summed E-state index contributed by atoms with van der Waals surface area (Å²) >= 11 is 11.6. The first-order valence-corrected chi connectivity index (χ1v) is 9.89. The van der Waals surface area contributed by atoms with Crippen molar-refractivity contribution in [1.82, 2.24) is 9.80 Å². The minimum atomic E-state index is 0.658. The van der Waals surface area contributed by atoms with Gasteiger partial charge in [0, 0.05) is 17.3 Å². The van der Waals surface area contributed by atoms with Crippen LogP contribution < -0.4 is 5.32 Å². The molecule has 0 aliphatic rings. The van der Waals surface area contributed by atoms with E-state index in [0.717, 1.165) is 37.5 Å². The van der Waals surface area contributed by atoms with Crippen LogP contribution in [0.15, 0.2) is 47.1 Å². The number of anilines is 1. The van der Waals surface area contributed by atoms with Gasteiger partial charge in [-0.25, -0.2) is 0 Å². The van der Waals surface area contributed by atoms with E-state index in [1.807, 2.05) is 36.4 Å². The fourth-order valence-electron chi connectivity index (χ4n) is 2.65. The molecule has 0 aliphatic heterocycles. The standard InChI is InChI=1S/C20H28ClN3OS/c1-3-4-12-23(2)13-6-14-24(16-19-7-5-15-25-19)20(26)22-18-10-8-17(21)9-11-18/h5,7-11,15H,3-4,6,12-14,16H2,1-2H3,(H,22,26). The molecule has 0 saturated carbocycles. The number of unbranched alkanes of at least 4 members (excludes halogenated alkanes) is 1. The molecule has 1 aromatic carbocycles. The molecule has 26 heavy (non-hydrogen) atoms. The third kappa shape index (κ3) is 7.36. The molecule has 0 bridgehead atoms. The Kier molecular flexibility index (Phi) is 8.95. The van der Waals surface area contributed by atoms with Crippen LogP contribution in [0.1, 0.15) is 31.9 Å². The SMILES string of the molecule is CCCCN(C)CCCN(Cc1ccco1)C(=S)Nc1ccc(Cl)cc1. The van der Waals surface area contributed by atoms with Gasteiger partial charge in [-0.05, 0) is 81.6 Å². The molecule has 0 spiro atoms. The molecule has 1 heterocycles. The van der Waals surface area contributed by atoms with Gasteiger partial charge in [0.15, 0.2) is 5.11 Å². The Labute approximate surface area is 167 Å².